The average molecular weight is 413 g/mol. The molecule has 0 bridgehead atoms. The highest BCUT2D eigenvalue weighted by Gasteiger charge is 2.11. The van der Waals surface area contributed by atoms with E-state index in [-0.39, 0.29) is 30.7 Å². The smallest absolute Gasteiger partial charge is 0.269 e. The quantitative estimate of drug-likeness (QED) is 0.572. The molecule has 0 aliphatic heterocycles. The number of rotatable bonds is 5. The van der Waals surface area contributed by atoms with Gasteiger partial charge < -0.3 is 10.6 Å². The molecular formula is C15H24BrCl2N3O. The number of aromatic nitrogens is 1. The van der Waals surface area contributed by atoms with Crippen molar-refractivity contribution >= 4 is 46.7 Å². The molecule has 1 aliphatic rings. The van der Waals surface area contributed by atoms with Gasteiger partial charge in [-0.3, -0.25) is 4.79 Å². The van der Waals surface area contributed by atoms with Gasteiger partial charge in [0.15, 0.2) is 0 Å². The summed E-state index contributed by atoms with van der Waals surface area (Å²) in [6, 6.07) is 4.17. The first-order valence-corrected chi connectivity index (χ1v) is 8.18. The van der Waals surface area contributed by atoms with Crippen LogP contribution < -0.4 is 10.6 Å². The van der Waals surface area contributed by atoms with Crippen LogP contribution in [0.15, 0.2) is 22.8 Å². The third-order valence-electron chi connectivity index (χ3n) is 3.66. The molecule has 0 radical (unpaired) electrons. The van der Waals surface area contributed by atoms with Crippen molar-refractivity contribution in [2.45, 2.75) is 44.6 Å². The van der Waals surface area contributed by atoms with E-state index in [4.69, 9.17) is 0 Å². The number of halogens is 3. The van der Waals surface area contributed by atoms with Crippen LogP contribution in [0.1, 0.15) is 49.0 Å². The van der Waals surface area contributed by atoms with E-state index in [1.54, 1.807) is 12.3 Å². The molecule has 1 aromatic rings. The molecule has 0 aromatic carbocycles. The molecule has 126 valence electrons. The van der Waals surface area contributed by atoms with Crippen LogP contribution in [0.4, 0.5) is 0 Å². The fourth-order valence-electron chi connectivity index (χ4n) is 2.54. The summed E-state index contributed by atoms with van der Waals surface area (Å²) in [5.41, 5.74) is 0.461. The molecule has 4 nitrogen and oxygen atoms in total. The summed E-state index contributed by atoms with van der Waals surface area (Å²) in [5, 5.41) is 6.43. The molecule has 1 amide bonds. The van der Waals surface area contributed by atoms with Gasteiger partial charge in [0.25, 0.3) is 5.91 Å². The van der Waals surface area contributed by atoms with E-state index >= 15 is 0 Å². The SMILES string of the molecule is Cl.Cl.O=C(NCCNC1CCCCCC1)c1ccc(Br)cn1. The predicted molar refractivity (Wildman–Crippen MR) is 98.3 cm³/mol. The molecule has 1 saturated carbocycles. The Bertz CT molecular complexity index is 423. The zero-order valence-electron chi connectivity index (χ0n) is 12.5. The van der Waals surface area contributed by atoms with Crippen molar-refractivity contribution < 1.29 is 4.79 Å². The van der Waals surface area contributed by atoms with E-state index < -0.39 is 0 Å². The number of nitrogens with zero attached hydrogens (tertiary/aromatic N) is 1. The summed E-state index contributed by atoms with van der Waals surface area (Å²) >= 11 is 3.30. The van der Waals surface area contributed by atoms with Crippen LogP contribution in [-0.4, -0.2) is 30.0 Å². The van der Waals surface area contributed by atoms with Crippen LogP contribution in [0.2, 0.25) is 0 Å². The lowest BCUT2D eigenvalue weighted by Gasteiger charge is -2.16. The second-order valence-electron chi connectivity index (χ2n) is 5.26. The Hall–Kier alpha value is -0.360. The fourth-order valence-corrected chi connectivity index (χ4v) is 2.77. The topological polar surface area (TPSA) is 54.0 Å². The average Bonchev–Trinajstić information content (AvgIpc) is 2.73. The summed E-state index contributed by atoms with van der Waals surface area (Å²) in [7, 11) is 0. The number of nitrogens with one attached hydrogen (secondary N) is 2. The molecule has 7 heteroatoms. The number of amides is 1. The zero-order chi connectivity index (χ0) is 14.2. The number of hydrogen-bond acceptors (Lipinski definition) is 3. The third kappa shape index (κ3) is 7.77. The summed E-state index contributed by atoms with van der Waals surface area (Å²) < 4.78 is 0.879. The number of pyridine rings is 1. The first-order valence-electron chi connectivity index (χ1n) is 7.39. The first kappa shape index (κ1) is 21.6. The van der Waals surface area contributed by atoms with Gasteiger partial charge in [-0.05, 0) is 40.9 Å². The maximum absolute atomic E-state index is 11.8. The number of carbonyl (C=O) groups excluding carboxylic acids is 1. The molecule has 1 heterocycles. The highest BCUT2D eigenvalue weighted by atomic mass is 79.9. The molecule has 2 N–H and O–H groups in total. The van der Waals surface area contributed by atoms with E-state index in [0.29, 0.717) is 18.3 Å². The van der Waals surface area contributed by atoms with Crippen molar-refractivity contribution in [2.75, 3.05) is 13.1 Å². The molecule has 0 unspecified atom stereocenters. The summed E-state index contributed by atoms with van der Waals surface area (Å²) in [5.74, 6) is -0.111. The molecule has 0 saturated heterocycles. The lowest BCUT2D eigenvalue weighted by molar-refractivity contribution is 0.0948. The van der Waals surface area contributed by atoms with Crippen LogP contribution in [-0.2, 0) is 0 Å². The maximum atomic E-state index is 11.8. The van der Waals surface area contributed by atoms with E-state index in [9.17, 15) is 4.79 Å². The van der Waals surface area contributed by atoms with Gasteiger partial charge in [-0.1, -0.05) is 25.7 Å². The molecule has 0 spiro atoms. The van der Waals surface area contributed by atoms with E-state index in [1.807, 2.05) is 6.07 Å². The first-order chi connectivity index (χ1) is 9.75. The molecule has 0 atom stereocenters. The molecule has 1 aromatic heterocycles. The van der Waals surface area contributed by atoms with Crippen molar-refractivity contribution in [3.8, 4) is 0 Å². The van der Waals surface area contributed by atoms with E-state index in [2.05, 4.69) is 31.5 Å². The Morgan fingerprint density at radius 1 is 1.14 bits per heavy atom. The van der Waals surface area contributed by atoms with Crippen molar-refractivity contribution in [3.05, 3.63) is 28.5 Å². The number of carbonyl (C=O) groups is 1. The maximum Gasteiger partial charge on any atom is 0.269 e. The Kier molecular flexibility index (Phi) is 11.9. The molecule has 22 heavy (non-hydrogen) atoms. The van der Waals surface area contributed by atoms with Gasteiger partial charge in [0.2, 0.25) is 0 Å². The second-order valence-corrected chi connectivity index (χ2v) is 6.18. The zero-order valence-corrected chi connectivity index (χ0v) is 15.7. The second kappa shape index (κ2) is 12.1. The highest BCUT2D eigenvalue weighted by Crippen LogP contribution is 2.16. The van der Waals surface area contributed by atoms with E-state index in [1.165, 1.54) is 38.5 Å². The van der Waals surface area contributed by atoms with Crippen LogP contribution in [0.5, 0.6) is 0 Å². The van der Waals surface area contributed by atoms with Gasteiger partial charge in [-0.25, -0.2) is 4.98 Å². The number of hydrogen-bond donors (Lipinski definition) is 2. The lowest BCUT2D eigenvalue weighted by atomic mass is 10.1. The predicted octanol–water partition coefficient (Wildman–Crippen LogP) is 3.73. The minimum atomic E-state index is -0.111. The molecule has 1 aliphatic carbocycles. The standard InChI is InChI=1S/C15H22BrN3O.2ClH/c16-12-7-8-14(19-11-12)15(20)18-10-9-17-13-5-3-1-2-4-6-13;;/h7-8,11,13,17H,1-6,9-10H2,(H,18,20);2*1H. The van der Waals surface area contributed by atoms with Gasteiger partial charge >= 0.3 is 0 Å². The summed E-state index contributed by atoms with van der Waals surface area (Å²) in [6.45, 7) is 1.47. The van der Waals surface area contributed by atoms with Gasteiger partial charge in [0.1, 0.15) is 5.69 Å². The largest absolute Gasteiger partial charge is 0.349 e. The van der Waals surface area contributed by atoms with Crippen LogP contribution in [0.3, 0.4) is 0 Å². The Morgan fingerprint density at radius 3 is 2.41 bits per heavy atom. The lowest BCUT2D eigenvalue weighted by Crippen LogP contribution is -2.37. The normalized spacial score (nSPS) is 15.1. The minimum Gasteiger partial charge on any atom is -0.349 e. The van der Waals surface area contributed by atoms with Crippen LogP contribution in [0.25, 0.3) is 0 Å². The van der Waals surface area contributed by atoms with E-state index in [0.717, 1.165) is 11.0 Å². The van der Waals surface area contributed by atoms with Gasteiger partial charge in [-0.2, -0.15) is 0 Å². The third-order valence-corrected chi connectivity index (χ3v) is 4.13. The molecular weight excluding hydrogens is 389 g/mol. The van der Waals surface area contributed by atoms with Gasteiger partial charge in [0, 0.05) is 29.8 Å². The van der Waals surface area contributed by atoms with Crippen molar-refractivity contribution in [1.82, 2.24) is 15.6 Å². The van der Waals surface area contributed by atoms with Crippen molar-refractivity contribution in [1.29, 1.82) is 0 Å². The van der Waals surface area contributed by atoms with Crippen LogP contribution in [0, 0.1) is 0 Å². The summed E-state index contributed by atoms with van der Waals surface area (Å²) in [6.07, 6.45) is 9.55. The van der Waals surface area contributed by atoms with Crippen molar-refractivity contribution in [2.24, 2.45) is 0 Å². The fraction of sp³-hybridized carbons (Fsp3) is 0.600. The Balaban J connectivity index is 0.00000220. The monoisotopic (exact) mass is 411 g/mol. The Labute approximate surface area is 153 Å². The Morgan fingerprint density at radius 2 is 1.82 bits per heavy atom. The highest BCUT2D eigenvalue weighted by molar-refractivity contribution is 9.10. The summed E-state index contributed by atoms with van der Waals surface area (Å²) in [4.78, 5) is 15.9. The van der Waals surface area contributed by atoms with Crippen molar-refractivity contribution in [3.63, 3.8) is 0 Å². The molecule has 2 rings (SSSR count). The van der Waals surface area contributed by atoms with Crippen LogP contribution >= 0.6 is 40.7 Å². The minimum absolute atomic E-state index is 0. The van der Waals surface area contributed by atoms with Gasteiger partial charge in [-0.15, -0.1) is 24.8 Å². The van der Waals surface area contributed by atoms with Gasteiger partial charge in [0.05, 0.1) is 0 Å². The molecule has 1 fully saturated rings.